The fourth-order valence-corrected chi connectivity index (χ4v) is 4.61. The molecule has 0 fully saturated rings. The molecule has 0 aliphatic carbocycles. The topological polar surface area (TPSA) is 12.0 Å². The van der Waals surface area contributed by atoms with Gasteiger partial charge in [-0.05, 0) is 49.1 Å². The summed E-state index contributed by atoms with van der Waals surface area (Å²) in [7, 11) is 0. The number of nitrogens with one attached hydrogen (secondary N) is 1. The summed E-state index contributed by atoms with van der Waals surface area (Å²) in [5, 5.41) is 3.70. The second-order valence-corrected chi connectivity index (χ2v) is 10.6. The second kappa shape index (κ2) is 14.1. The van der Waals surface area contributed by atoms with Gasteiger partial charge in [-0.3, -0.25) is 0 Å². The molecule has 0 spiro atoms. The zero-order valence-corrected chi connectivity index (χ0v) is 19.0. The van der Waals surface area contributed by atoms with E-state index in [1.807, 2.05) is 0 Å². The Labute approximate surface area is 161 Å². The Morgan fingerprint density at radius 1 is 0.720 bits per heavy atom. The van der Waals surface area contributed by atoms with E-state index in [-0.39, 0.29) is 0 Å². The lowest BCUT2D eigenvalue weighted by molar-refractivity contribution is 0.173. The third-order valence-electron chi connectivity index (χ3n) is 5.11. The first kappa shape index (κ1) is 25.0. The van der Waals surface area contributed by atoms with Gasteiger partial charge in [-0.2, -0.15) is 0 Å². The van der Waals surface area contributed by atoms with Gasteiger partial charge in [0.1, 0.15) is 0 Å². The lowest BCUT2D eigenvalue weighted by Crippen LogP contribution is -2.28. The van der Waals surface area contributed by atoms with Crippen molar-refractivity contribution in [3.63, 3.8) is 0 Å². The van der Waals surface area contributed by atoms with E-state index < -0.39 is 0 Å². The van der Waals surface area contributed by atoms with Gasteiger partial charge in [0.25, 0.3) is 0 Å². The van der Waals surface area contributed by atoms with Crippen LogP contribution in [0, 0.1) is 16.7 Å². The quantitative estimate of drug-likeness (QED) is 0.277. The molecule has 0 bridgehead atoms. The highest BCUT2D eigenvalue weighted by Gasteiger charge is 2.26. The average molecular weight is 354 g/mol. The summed E-state index contributed by atoms with van der Waals surface area (Å²) >= 11 is 0. The van der Waals surface area contributed by atoms with E-state index in [1.165, 1.54) is 90.1 Å². The lowest BCUT2D eigenvalue weighted by Gasteiger charge is -2.34. The highest BCUT2D eigenvalue weighted by Crippen LogP contribution is 2.37. The number of unbranched alkanes of at least 4 members (excludes halogenated alkanes) is 9. The van der Waals surface area contributed by atoms with E-state index in [4.69, 9.17) is 0 Å². The minimum atomic E-state index is 0.437. The third-order valence-corrected chi connectivity index (χ3v) is 5.11. The Bertz CT molecular complexity index is 287. The van der Waals surface area contributed by atoms with Crippen molar-refractivity contribution in [3.8, 4) is 0 Å². The fraction of sp³-hybridized carbons (Fsp3) is 1.00. The molecule has 0 radical (unpaired) electrons. The summed E-state index contributed by atoms with van der Waals surface area (Å²) in [6.07, 6.45) is 16.9. The van der Waals surface area contributed by atoms with Crippen molar-refractivity contribution in [2.24, 2.45) is 16.7 Å². The molecule has 1 atom stereocenters. The Balaban J connectivity index is 3.47. The molecule has 1 nitrogen and oxygen atoms in total. The van der Waals surface area contributed by atoms with Crippen molar-refractivity contribution in [1.29, 1.82) is 0 Å². The molecular weight excluding hydrogens is 302 g/mol. The van der Waals surface area contributed by atoms with Crippen molar-refractivity contribution >= 4 is 0 Å². The zero-order chi connectivity index (χ0) is 19.2. The highest BCUT2D eigenvalue weighted by molar-refractivity contribution is 4.78. The normalized spacial score (nSPS) is 14.0. The molecule has 0 heterocycles. The zero-order valence-electron chi connectivity index (χ0n) is 19.0. The van der Waals surface area contributed by atoms with Gasteiger partial charge in [0.15, 0.2) is 0 Å². The van der Waals surface area contributed by atoms with Crippen LogP contribution in [0.2, 0.25) is 0 Å². The van der Waals surface area contributed by atoms with Crippen molar-refractivity contribution in [3.05, 3.63) is 0 Å². The number of rotatable bonds is 16. The van der Waals surface area contributed by atoms with E-state index in [1.54, 1.807) is 0 Å². The van der Waals surface area contributed by atoms with Crippen LogP contribution in [-0.4, -0.2) is 13.1 Å². The maximum Gasteiger partial charge on any atom is -0.00230 e. The first-order valence-corrected chi connectivity index (χ1v) is 11.4. The van der Waals surface area contributed by atoms with Crippen LogP contribution in [-0.2, 0) is 0 Å². The smallest absolute Gasteiger partial charge is 0.00230 e. The van der Waals surface area contributed by atoms with Gasteiger partial charge in [-0.25, -0.2) is 0 Å². The molecule has 0 saturated carbocycles. The number of hydrogen-bond acceptors (Lipinski definition) is 1. The fourth-order valence-electron chi connectivity index (χ4n) is 4.61. The average Bonchev–Trinajstić information content (AvgIpc) is 2.45. The molecule has 0 aliphatic rings. The Morgan fingerprint density at radius 2 is 1.20 bits per heavy atom. The summed E-state index contributed by atoms with van der Waals surface area (Å²) in [6.45, 7) is 19.1. The molecule has 152 valence electrons. The van der Waals surface area contributed by atoms with Crippen LogP contribution < -0.4 is 5.32 Å². The monoisotopic (exact) mass is 353 g/mol. The third kappa shape index (κ3) is 18.5. The molecule has 0 saturated heterocycles. The Hall–Kier alpha value is -0.0400. The van der Waals surface area contributed by atoms with Crippen LogP contribution in [0.5, 0.6) is 0 Å². The summed E-state index contributed by atoms with van der Waals surface area (Å²) in [5.74, 6) is 0.778. The maximum absolute atomic E-state index is 3.70. The molecule has 25 heavy (non-hydrogen) atoms. The minimum Gasteiger partial charge on any atom is -0.316 e. The van der Waals surface area contributed by atoms with E-state index in [9.17, 15) is 0 Å². The van der Waals surface area contributed by atoms with Crippen LogP contribution in [0.4, 0.5) is 0 Å². The van der Waals surface area contributed by atoms with Crippen molar-refractivity contribution in [2.45, 2.75) is 126 Å². The first-order chi connectivity index (χ1) is 11.7. The molecule has 0 rings (SSSR count). The summed E-state index contributed by atoms with van der Waals surface area (Å²) in [4.78, 5) is 0. The van der Waals surface area contributed by atoms with Gasteiger partial charge in [-0.15, -0.1) is 0 Å². The Kier molecular flexibility index (Phi) is 14.0. The maximum atomic E-state index is 3.70. The van der Waals surface area contributed by atoms with E-state index in [0.29, 0.717) is 10.8 Å². The number of hydrogen-bond donors (Lipinski definition) is 1. The minimum absolute atomic E-state index is 0.437. The van der Waals surface area contributed by atoms with E-state index in [2.05, 4.69) is 53.8 Å². The van der Waals surface area contributed by atoms with Crippen LogP contribution in [0.3, 0.4) is 0 Å². The first-order valence-electron chi connectivity index (χ1n) is 11.4. The van der Waals surface area contributed by atoms with Crippen molar-refractivity contribution in [1.82, 2.24) is 5.32 Å². The molecule has 0 aliphatic heterocycles. The van der Waals surface area contributed by atoms with Gasteiger partial charge in [-0.1, -0.05) is 106 Å². The van der Waals surface area contributed by atoms with Crippen LogP contribution in [0.25, 0.3) is 0 Å². The Morgan fingerprint density at radius 3 is 1.68 bits per heavy atom. The lowest BCUT2D eigenvalue weighted by atomic mass is 9.72. The van der Waals surface area contributed by atoms with Gasteiger partial charge in [0, 0.05) is 0 Å². The van der Waals surface area contributed by atoms with Crippen molar-refractivity contribution < 1.29 is 0 Å². The van der Waals surface area contributed by atoms with Crippen LogP contribution >= 0.6 is 0 Å². The standard InChI is InChI=1S/C24H51N/c1-8-9-10-11-12-13-14-15-16-17-18-25-20-22(2)19-24(6,7)21-23(3,4)5/h22,25H,8-21H2,1-7H3. The van der Waals surface area contributed by atoms with Crippen LogP contribution in [0.15, 0.2) is 0 Å². The highest BCUT2D eigenvalue weighted by atomic mass is 14.8. The predicted octanol–water partition coefficient (Wildman–Crippen LogP) is 7.99. The second-order valence-electron chi connectivity index (χ2n) is 10.6. The molecule has 1 N–H and O–H groups in total. The van der Waals surface area contributed by atoms with Crippen molar-refractivity contribution in [2.75, 3.05) is 13.1 Å². The summed E-state index contributed by atoms with van der Waals surface area (Å²) in [5.41, 5.74) is 0.892. The largest absolute Gasteiger partial charge is 0.316 e. The molecule has 1 unspecified atom stereocenters. The van der Waals surface area contributed by atoms with Gasteiger partial charge < -0.3 is 5.32 Å². The van der Waals surface area contributed by atoms with Gasteiger partial charge in [0.05, 0.1) is 0 Å². The summed E-state index contributed by atoms with van der Waals surface area (Å²) < 4.78 is 0. The van der Waals surface area contributed by atoms with Crippen LogP contribution in [0.1, 0.15) is 126 Å². The SMILES string of the molecule is CCCCCCCCCCCCNCC(C)CC(C)(C)CC(C)(C)C. The van der Waals surface area contributed by atoms with E-state index in [0.717, 1.165) is 5.92 Å². The molecular formula is C24H51N. The molecule has 0 amide bonds. The molecule has 0 aromatic heterocycles. The molecule has 0 aromatic rings. The van der Waals surface area contributed by atoms with Gasteiger partial charge >= 0.3 is 0 Å². The van der Waals surface area contributed by atoms with E-state index >= 15 is 0 Å². The molecule has 0 aromatic carbocycles. The predicted molar refractivity (Wildman–Crippen MR) is 116 cm³/mol. The molecule has 1 heteroatoms. The van der Waals surface area contributed by atoms with Gasteiger partial charge in [0.2, 0.25) is 0 Å². The summed E-state index contributed by atoms with van der Waals surface area (Å²) in [6, 6.07) is 0.